The predicted octanol–water partition coefficient (Wildman–Crippen LogP) is 12.5. The number of nitrogens with zero attached hydrogens (tertiary/aromatic N) is 1. The molecule has 0 saturated heterocycles. The zero-order valence-corrected chi connectivity index (χ0v) is 26.7. The van der Waals surface area contributed by atoms with Crippen LogP contribution >= 0.6 is 0 Å². The van der Waals surface area contributed by atoms with Gasteiger partial charge >= 0.3 is 0 Å². The Hall–Kier alpha value is -5.99. The second kappa shape index (κ2) is 11.7. The summed E-state index contributed by atoms with van der Waals surface area (Å²) in [4.78, 5) is 5.42. The van der Waals surface area contributed by atoms with Crippen molar-refractivity contribution in [2.24, 2.45) is 10.9 Å². The van der Waals surface area contributed by atoms with Crippen molar-refractivity contribution in [1.29, 1.82) is 0 Å². The molecule has 7 aromatic carbocycles. The third-order valence-corrected chi connectivity index (χ3v) is 9.75. The number of aliphatic imine (C=N–C) groups is 1. The van der Waals surface area contributed by atoms with Crippen LogP contribution in [-0.4, -0.2) is 5.71 Å². The molecule has 9 rings (SSSR count). The van der Waals surface area contributed by atoms with Gasteiger partial charge in [-0.1, -0.05) is 140 Å². The summed E-state index contributed by atoms with van der Waals surface area (Å²) in [5.41, 5.74) is 10.7. The van der Waals surface area contributed by atoms with Crippen molar-refractivity contribution >= 4 is 60.5 Å². The second-order valence-electron chi connectivity index (χ2n) is 12.8. The molecule has 1 atom stereocenters. The molecule has 0 aliphatic carbocycles. The number of fused-ring (bicyclic) bond motifs is 6. The zero-order chi connectivity index (χ0) is 32.0. The Bertz CT molecular complexity index is 2590. The minimum Gasteiger partial charge on any atom is -0.456 e. The van der Waals surface area contributed by atoms with Gasteiger partial charge in [0.05, 0.1) is 11.4 Å². The molecule has 2 nitrogen and oxygen atoms in total. The molecule has 1 aliphatic heterocycles. The van der Waals surface area contributed by atoms with Crippen LogP contribution < -0.4 is 0 Å². The summed E-state index contributed by atoms with van der Waals surface area (Å²) in [6.45, 7) is 2.31. The van der Waals surface area contributed by atoms with Crippen molar-refractivity contribution in [2.45, 2.75) is 13.3 Å². The highest BCUT2D eigenvalue weighted by atomic mass is 16.3. The number of rotatable bonds is 4. The standard InChI is InChI=1S/C46H33NO/c1-30-19-25-42(33-14-6-3-7-15-33)47-43(29-40(30)31-11-4-2-5-12-31)39-17-10-18-45-46(39)41-28-35(23-26-44(41)48-45)34-22-24-38-36(27-34)21-20-32-13-8-9-16-37(32)38/h2-18,20-30H,19H2,1H3/b40-29+,42-25+,47-43+. The summed E-state index contributed by atoms with van der Waals surface area (Å²) < 4.78 is 6.50. The minimum absolute atomic E-state index is 0.313. The number of furan rings is 1. The van der Waals surface area contributed by atoms with Gasteiger partial charge in [0.25, 0.3) is 0 Å². The molecule has 228 valence electrons. The van der Waals surface area contributed by atoms with E-state index in [1.54, 1.807) is 0 Å². The Morgan fingerprint density at radius 3 is 2.10 bits per heavy atom. The van der Waals surface area contributed by atoms with Crippen molar-refractivity contribution in [2.75, 3.05) is 0 Å². The van der Waals surface area contributed by atoms with E-state index >= 15 is 0 Å². The lowest BCUT2D eigenvalue weighted by Crippen LogP contribution is -2.07. The van der Waals surface area contributed by atoms with Crippen molar-refractivity contribution in [1.82, 2.24) is 0 Å². The van der Waals surface area contributed by atoms with Crippen LogP contribution in [0, 0.1) is 5.92 Å². The van der Waals surface area contributed by atoms with E-state index in [0.29, 0.717) is 5.92 Å². The smallest absolute Gasteiger partial charge is 0.136 e. The van der Waals surface area contributed by atoms with Crippen LogP contribution in [-0.2, 0) is 0 Å². The van der Waals surface area contributed by atoms with Gasteiger partial charge in [-0.15, -0.1) is 0 Å². The molecule has 0 saturated carbocycles. The summed E-state index contributed by atoms with van der Waals surface area (Å²) in [5.74, 6) is 0.313. The Morgan fingerprint density at radius 1 is 0.542 bits per heavy atom. The molecule has 0 radical (unpaired) electrons. The summed E-state index contributed by atoms with van der Waals surface area (Å²) >= 11 is 0. The molecule has 2 heterocycles. The van der Waals surface area contributed by atoms with Crippen LogP contribution in [0.5, 0.6) is 0 Å². The molecule has 0 spiro atoms. The molecular formula is C46H33NO. The lowest BCUT2D eigenvalue weighted by molar-refractivity contribution is 0.669. The highest BCUT2D eigenvalue weighted by Crippen LogP contribution is 2.38. The molecule has 1 aliphatic rings. The summed E-state index contributed by atoms with van der Waals surface area (Å²) in [7, 11) is 0. The molecular weight excluding hydrogens is 583 g/mol. The van der Waals surface area contributed by atoms with Crippen LogP contribution in [0.3, 0.4) is 0 Å². The van der Waals surface area contributed by atoms with Crippen LogP contribution in [0.4, 0.5) is 0 Å². The fourth-order valence-electron chi connectivity index (χ4n) is 7.25. The van der Waals surface area contributed by atoms with Crippen molar-refractivity contribution in [3.8, 4) is 11.1 Å². The largest absolute Gasteiger partial charge is 0.456 e. The van der Waals surface area contributed by atoms with Gasteiger partial charge in [-0.05, 0) is 92.1 Å². The average molecular weight is 616 g/mol. The van der Waals surface area contributed by atoms with E-state index in [1.807, 2.05) is 0 Å². The lowest BCUT2D eigenvalue weighted by Gasteiger charge is -2.20. The summed E-state index contributed by atoms with van der Waals surface area (Å²) in [6, 6.07) is 54.0. The lowest BCUT2D eigenvalue weighted by atomic mass is 9.87. The number of benzene rings is 7. The third kappa shape index (κ3) is 4.94. The third-order valence-electron chi connectivity index (χ3n) is 9.75. The molecule has 0 amide bonds. The van der Waals surface area contributed by atoms with Gasteiger partial charge in [-0.25, -0.2) is 4.99 Å². The first-order chi connectivity index (χ1) is 23.7. The first-order valence-electron chi connectivity index (χ1n) is 16.7. The quantitative estimate of drug-likeness (QED) is 0.181. The van der Waals surface area contributed by atoms with Crippen molar-refractivity contribution in [3.63, 3.8) is 0 Å². The Labute approximate surface area is 280 Å². The molecule has 48 heavy (non-hydrogen) atoms. The maximum absolute atomic E-state index is 6.50. The second-order valence-corrected chi connectivity index (χ2v) is 12.8. The SMILES string of the molecule is CC1C/C=C(c2ccccc2)/N=C(c2cccc3oc4ccc(-c5ccc6c(ccc7ccccc76)c5)cc4c23)\C=C/1c1ccccc1. The maximum atomic E-state index is 6.50. The molecule has 1 aromatic heterocycles. The first kappa shape index (κ1) is 28.3. The van der Waals surface area contributed by atoms with E-state index in [2.05, 4.69) is 171 Å². The van der Waals surface area contributed by atoms with Crippen LogP contribution in [0.15, 0.2) is 173 Å². The van der Waals surface area contributed by atoms with Crippen LogP contribution in [0.25, 0.3) is 65.9 Å². The van der Waals surface area contributed by atoms with Gasteiger partial charge in [-0.3, -0.25) is 0 Å². The van der Waals surface area contributed by atoms with E-state index in [1.165, 1.54) is 38.2 Å². The monoisotopic (exact) mass is 615 g/mol. The normalized spacial score (nSPS) is 18.5. The Kier molecular flexibility index (Phi) is 6.87. The highest BCUT2D eigenvalue weighted by Gasteiger charge is 2.20. The van der Waals surface area contributed by atoms with Gasteiger partial charge < -0.3 is 4.42 Å². The van der Waals surface area contributed by atoms with Crippen LogP contribution in [0.2, 0.25) is 0 Å². The highest BCUT2D eigenvalue weighted by molar-refractivity contribution is 6.24. The summed E-state index contributed by atoms with van der Waals surface area (Å²) in [6.07, 6.45) is 5.51. The topological polar surface area (TPSA) is 25.5 Å². The van der Waals surface area contributed by atoms with E-state index in [0.717, 1.165) is 56.5 Å². The number of allylic oxidation sites excluding steroid dienone is 3. The van der Waals surface area contributed by atoms with Gasteiger partial charge in [0, 0.05) is 16.3 Å². The molecule has 2 heteroatoms. The predicted molar refractivity (Wildman–Crippen MR) is 203 cm³/mol. The fourth-order valence-corrected chi connectivity index (χ4v) is 7.25. The molecule has 0 fully saturated rings. The molecule has 0 N–H and O–H groups in total. The number of hydrogen-bond donors (Lipinski definition) is 0. The Balaban J connectivity index is 1.24. The van der Waals surface area contributed by atoms with E-state index in [-0.39, 0.29) is 0 Å². The average Bonchev–Trinajstić information content (AvgIpc) is 3.52. The number of hydrogen-bond acceptors (Lipinski definition) is 2. The van der Waals surface area contributed by atoms with Gasteiger partial charge in [-0.2, -0.15) is 0 Å². The summed E-state index contributed by atoms with van der Waals surface area (Å²) in [5, 5.41) is 7.23. The van der Waals surface area contributed by atoms with Crippen LogP contribution in [0.1, 0.15) is 30.0 Å². The van der Waals surface area contributed by atoms with Crippen molar-refractivity contribution < 1.29 is 4.42 Å². The molecule has 0 bridgehead atoms. The van der Waals surface area contributed by atoms with Crippen molar-refractivity contribution in [3.05, 3.63) is 181 Å². The minimum atomic E-state index is 0.313. The van der Waals surface area contributed by atoms with Gasteiger partial charge in [0.15, 0.2) is 0 Å². The molecule has 8 aromatic rings. The molecule has 1 unspecified atom stereocenters. The van der Waals surface area contributed by atoms with Gasteiger partial charge in [0.1, 0.15) is 11.2 Å². The van der Waals surface area contributed by atoms with E-state index in [4.69, 9.17) is 9.41 Å². The zero-order valence-electron chi connectivity index (χ0n) is 26.7. The van der Waals surface area contributed by atoms with Gasteiger partial charge in [0.2, 0.25) is 0 Å². The maximum Gasteiger partial charge on any atom is 0.136 e. The van der Waals surface area contributed by atoms with E-state index in [9.17, 15) is 0 Å². The van der Waals surface area contributed by atoms with E-state index < -0.39 is 0 Å². The first-order valence-corrected chi connectivity index (χ1v) is 16.7. The fraction of sp³-hybridized carbons (Fsp3) is 0.0652. The Morgan fingerprint density at radius 2 is 1.25 bits per heavy atom.